The molecule has 0 saturated carbocycles. The third-order valence-corrected chi connectivity index (χ3v) is 3.72. The summed E-state index contributed by atoms with van der Waals surface area (Å²) < 4.78 is 0. The average Bonchev–Trinajstić information content (AvgIpc) is 2.44. The first-order valence-electron chi connectivity index (χ1n) is 8.33. The molecule has 23 heavy (non-hydrogen) atoms. The van der Waals surface area contributed by atoms with Crippen molar-refractivity contribution in [3.8, 4) is 0 Å². The maximum Gasteiger partial charge on any atom is 0.252 e. The van der Waals surface area contributed by atoms with Crippen LogP contribution in [0.15, 0.2) is 24.3 Å². The molecule has 0 saturated heterocycles. The van der Waals surface area contributed by atoms with Gasteiger partial charge >= 0.3 is 0 Å². The predicted octanol–water partition coefficient (Wildman–Crippen LogP) is 3.25. The minimum absolute atomic E-state index is 0.0191. The van der Waals surface area contributed by atoms with Crippen LogP contribution in [-0.2, 0) is 4.79 Å². The quantitative estimate of drug-likeness (QED) is 0.839. The molecule has 0 fully saturated rings. The Morgan fingerprint density at radius 2 is 1.70 bits per heavy atom. The van der Waals surface area contributed by atoms with Gasteiger partial charge < -0.3 is 10.2 Å². The Morgan fingerprint density at radius 1 is 1.09 bits per heavy atom. The summed E-state index contributed by atoms with van der Waals surface area (Å²) in [5.41, 5.74) is 1.54. The number of hydrogen-bond acceptors (Lipinski definition) is 2. The molecule has 0 heterocycles. The van der Waals surface area contributed by atoms with E-state index in [0.29, 0.717) is 30.4 Å². The minimum atomic E-state index is -0.481. The summed E-state index contributed by atoms with van der Waals surface area (Å²) in [5.74, 6) is 0.527. The number of nitrogens with zero attached hydrogens (tertiary/aromatic N) is 1. The van der Waals surface area contributed by atoms with Gasteiger partial charge in [-0.05, 0) is 36.8 Å². The number of likely N-dealkylation sites (N-methyl/N-ethyl adjacent to an activating group) is 1. The molecule has 1 N–H and O–H groups in total. The third-order valence-electron chi connectivity index (χ3n) is 3.72. The van der Waals surface area contributed by atoms with Crippen molar-refractivity contribution in [2.24, 2.45) is 11.8 Å². The fourth-order valence-electron chi connectivity index (χ4n) is 2.66. The molecule has 1 unspecified atom stereocenters. The summed E-state index contributed by atoms with van der Waals surface area (Å²) in [6.07, 6.45) is 0.638. The van der Waals surface area contributed by atoms with E-state index in [-0.39, 0.29) is 11.8 Å². The summed E-state index contributed by atoms with van der Waals surface area (Å²) in [6.45, 7) is 10.9. The summed E-state index contributed by atoms with van der Waals surface area (Å²) >= 11 is 0. The van der Waals surface area contributed by atoms with E-state index < -0.39 is 6.04 Å². The molecule has 128 valence electrons. The zero-order chi connectivity index (χ0) is 17.6. The summed E-state index contributed by atoms with van der Waals surface area (Å²) in [7, 11) is 1.80. The fraction of sp³-hybridized carbons (Fsp3) is 0.579. The highest BCUT2D eigenvalue weighted by atomic mass is 16.2. The van der Waals surface area contributed by atoms with Crippen molar-refractivity contribution in [2.45, 2.75) is 47.1 Å². The number of rotatable bonds is 7. The third kappa shape index (κ3) is 6.05. The molecule has 4 nitrogen and oxygen atoms in total. The Bertz CT molecular complexity index is 538. The first-order valence-corrected chi connectivity index (χ1v) is 8.33. The van der Waals surface area contributed by atoms with Gasteiger partial charge in [-0.3, -0.25) is 9.59 Å². The van der Waals surface area contributed by atoms with Crippen molar-refractivity contribution in [1.82, 2.24) is 10.2 Å². The second-order valence-corrected chi connectivity index (χ2v) is 7.08. The molecule has 0 aliphatic heterocycles. The lowest BCUT2D eigenvalue weighted by Crippen LogP contribution is -2.48. The monoisotopic (exact) mass is 318 g/mol. The van der Waals surface area contributed by atoms with Gasteiger partial charge in [0.05, 0.1) is 0 Å². The molecule has 4 heteroatoms. The van der Waals surface area contributed by atoms with E-state index in [9.17, 15) is 9.59 Å². The van der Waals surface area contributed by atoms with Crippen molar-refractivity contribution in [3.63, 3.8) is 0 Å². The lowest BCUT2D eigenvalue weighted by atomic mass is 10.0. The number of benzene rings is 1. The van der Waals surface area contributed by atoms with E-state index in [1.54, 1.807) is 18.0 Å². The van der Waals surface area contributed by atoms with Crippen molar-refractivity contribution < 1.29 is 9.59 Å². The molecule has 0 radical (unpaired) electrons. The van der Waals surface area contributed by atoms with Crippen LogP contribution in [0.2, 0.25) is 0 Å². The van der Waals surface area contributed by atoms with Crippen LogP contribution in [0, 0.1) is 18.8 Å². The molecule has 2 amide bonds. The number of nitrogens with one attached hydrogen (secondary N) is 1. The van der Waals surface area contributed by atoms with Gasteiger partial charge in [-0.2, -0.15) is 0 Å². The number of aryl methyl sites for hydroxylation is 1. The highest BCUT2D eigenvalue weighted by Crippen LogP contribution is 2.12. The topological polar surface area (TPSA) is 49.4 Å². The summed E-state index contributed by atoms with van der Waals surface area (Å²) in [6, 6.07) is 6.95. The van der Waals surface area contributed by atoms with Crippen molar-refractivity contribution in [3.05, 3.63) is 35.4 Å². The van der Waals surface area contributed by atoms with Crippen molar-refractivity contribution in [2.75, 3.05) is 13.6 Å². The van der Waals surface area contributed by atoms with Crippen LogP contribution in [0.5, 0.6) is 0 Å². The van der Waals surface area contributed by atoms with Crippen LogP contribution in [0.4, 0.5) is 0 Å². The van der Waals surface area contributed by atoms with E-state index in [2.05, 4.69) is 33.0 Å². The first-order chi connectivity index (χ1) is 10.7. The van der Waals surface area contributed by atoms with Gasteiger partial charge in [-0.15, -0.1) is 0 Å². The maximum atomic E-state index is 12.7. The van der Waals surface area contributed by atoms with Crippen LogP contribution >= 0.6 is 0 Å². The van der Waals surface area contributed by atoms with E-state index in [1.807, 2.05) is 25.1 Å². The second kappa shape index (κ2) is 8.70. The largest absolute Gasteiger partial charge is 0.344 e. The van der Waals surface area contributed by atoms with Crippen LogP contribution in [0.25, 0.3) is 0 Å². The van der Waals surface area contributed by atoms with E-state index in [4.69, 9.17) is 0 Å². The number of carbonyl (C=O) groups is 2. The smallest absolute Gasteiger partial charge is 0.252 e. The predicted molar refractivity (Wildman–Crippen MR) is 94.4 cm³/mol. The molecule has 0 bridgehead atoms. The Hall–Kier alpha value is -1.84. The molecule has 0 aliphatic carbocycles. The van der Waals surface area contributed by atoms with E-state index in [1.165, 1.54) is 0 Å². The van der Waals surface area contributed by atoms with Gasteiger partial charge in [0.15, 0.2) is 0 Å². The normalized spacial score (nSPS) is 12.3. The highest BCUT2D eigenvalue weighted by Gasteiger charge is 2.26. The fourth-order valence-corrected chi connectivity index (χ4v) is 2.66. The van der Waals surface area contributed by atoms with Gasteiger partial charge in [0, 0.05) is 19.2 Å². The average molecular weight is 318 g/mol. The Morgan fingerprint density at radius 3 is 2.22 bits per heavy atom. The van der Waals surface area contributed by atoms with E-state index in [0.717, 1.165) is 5.56 Å². The van der Waals surface area contributed by atoms with Crippen LogP contribution in [0.1, 0.15) is 50.0 Å². The van der Waals surface area contributed by atoms with Gasteiger partial charge in [0.2, 0.25) is 5.91 Å². The van der Waals surface area contributed by atoms with Gasteiger partial charge in [0.1, 0.15) is 6.04 Å². The molecule has 1 aromatic carbocycles. The van der Waals surface area contributed by atoms with Crippen LogP contribution in [0.3, 0.4) is 0 Å². The Kier molecular flexibility index (Phi) is 7.27. The molecular weight excluding hydrogens is 288 g/mol. The SMILES string of the molecule is Cc1ccccc1C(=O)NC(CC(C)C)C(=O)N(C)CC(C)C. The molecule has 1 atom stereocenters. The maximum absolute atomic E-state index is 12.7. The van der Waals surface area contributed by atoms with Gasteiger partial charge in [-0.1, -0.05) is 45.9 Å². The molecule has 0 aliphatic rings. The number of hydrogen-bond donors (Lipinski definition) is 1. The van der Waals surface area contributed by atoms with Crippen LogP contribution < -0.4 is 5.32 Å². The Labute approximate surface area is 140 Å². The minimum Gasteiger partial charge on any atom is -0.344 e. The zero-order valence-electron chi connectivity index (χ0n) is 15.2. The zero-order valence-corrected chi connectivity index (χ0v) is 15.2. The second-order valence-electron chi connectivity index (χ2n) is 7.08. The Balaban J connectivity index is 2.88. The highest BCUT2D eigenvalue weighted by molar-refractivity contribution is 5.98. The standard InChI is InChI=1S/C19H30N2O2/c1-13(2)11-17(19(23)21(6)12-14(3)4)20-18(22)16-10-8-7-9-15(16)5/h7-10,13-14,17H,11-12H2,1-6H3,(H,20,22). The summed E-state index contributed by atoms with van der Waals surface area (Å²) in [4.78, 5) is 26.9. The van der Waals surface area contributed by atoms with Crippen LogP contribution in [-0.4, -0.2) is 36.3 Å². The summed E-state index contributed by atoms with van der Waals surface area (Å²) in [5, 5.41) is 2.93. The lowest BCUT2D eigenvalue weighted by molar-refractivity contribution is -0.132. The van der Waals surface area contributed by atoms with Gasteiger partial charge in [0.25, 0.3) is 5.91 Å². The number of carbonyl (C=O) groups excluding carboxylic acids is 2. The van der Waals surface area contributed by atoms with Crippen molar-refractivity contribution >= 4 is 11.8 Å². The molecular formula is C19H30N2O2. The molecule has 0 aromatic heterocycles. The molecule has 1 aromatic rings. The van der Waals surface area contributed by atoms with E-state index >= 15 is 0 Å². The molecule has 0 spiro atoms. The molecule has 1 rings (SSSR count). The lowest BCUT2D eigenvalue weighted by Gasteiger charge is -2.27. The first kappa shape index (κ1) is 19.2. The van der Waals surface area contributed by atoms with Gasteiger partial charge in [-0.25, -0.2) is 0 Å². The van der Waals surface area contributed by atoms with Crippen molar-refractivity contribution in [1.29, 1.82) is 0 Å². The number of amides is 2.